The van der Waals surface area contributed by atoms with Gasteiger partial charge in [-0.25, -0.2) is 0 Å². The quantitative estimate of drug-likeness (QED) is 0.157. The SMILES string of the molecule is C1=CC(c2ccccc2)(c2ccccc2)Oc2ccc3cc(C(=C4Sc5ccccc5S4)C(=C4Sc5ccccc5S4)c4ccc5c6c(ccc5c4)OC(c4ccccc4)(c4ccccc4)C=C6)ccc3c21. The van der Waals surface area contributed by atoms with Crippen LogP contribution >= 0.6 is 47.0 Å². The molecule has 0 radical (unpaired) electrons. The molecule has 4 aliphatic heterocycles. The number of fused-ring (bicyclic) bond motifs is 8. The first-order valence-electron chi connectivity index (χ1n) is 24.1. The van der Waals surface area contributed by atoms with Crippen LogP contribution in [0.15, 0.2) is 271 Å². The predicted molar refractivity (Wildman–Crippen MR) is 305 cm³/mol. The standard InChI is InChI=1S/C66H42O2S4/c1-5-17-47(18-6-1)65(48-19-7-2-8-20-48)39-37-53-51-33-29-45(41-43(51)31-35-55(53)67-65)61(63-69-57-25-13-14-26-58(57)70-63)62(64-71-59-27-15-16-28-60(59)72-64)46-30-34-52-44(42-46)32-36-56-54(52)38-40-66(68-56,49-21-9-3-10-22-49)50-23-11-4-12-24-50/h1-42H. The first kappa shape index (κ1) is 43.5. The summed E-state index contributed by atoms with van der Waals surface area (Å²) in [5, 5.41) is 4.63. The summed E-state index contributed by atoms with van der Waals surface area (Å²) >= 11 is 7.52. The van der Waals surface area contributed by atoms with Gasteiger partial charge in [-0.1, -0.05) is 229 Å². The van der Waals surface area contributed by atoms with E-state index in [0.717, 1.165) is 66.4 Å². The van der Waals surface area contributed by atoms with E-state index in [2.05, 4.69) is 255 Å². The molecule has 0 aliphatic carbocycles. The molecule has 0 aromatic heterocycles. The van der Waals surface area contributed by atoms with Gasteiger partial charge in [0.2, 0.25) is 0 Å². The Labute approximate surface area is 436 Å². The van der Waals surface area contributed by atoms with Crippen molar-refractivity contribution in [1.82, 2.24) is 0 Å². The largest absolute Gasteiger partial charge is 0.473 e. The molecule has 4 aliphatic rings. The summed E-state index contributed by atoms with van der Waals surface area (Å²) in [4.78, 5) is 5.13. The lowest BCUT2D eigenvalue weighted by molar-refractivity contribution is 0.161. The van der Waals surface area contributed by atoms with E-state index < -0.39 is 11.2 Å². The van der Waals surface area contributed by atoms with Crippen molar-refractivity contribution in [1.29, 1.82) is 0 Å². The molecule has 6 heteroatoms. The number of ether oxygens (including phenoxy) is 2. The molecule has 2 nitrogen and oxygen atoms in total. The number of rotatable bonds is 7. The molecule has 0 spiro atoms. The Morgan fingerprint density at radius 2 is 0.639 bits per heavy atom. The average molecular weight is 995 g/mol. The zero-order valence-corrected chi connectivity index (χ0v) is 42.0. The molecule has 0 atom stereocenters. The minimum atomic E-state index is -0.751. The van der Waals surface area contributed by atoms with Crippen LogP contribution in [-0.2, 0) is 11.2 Å². The lowest BCUT2D eigenvalue weighted by Gasteiger charge is -2.36. The molecule has 0 unspecified atom stereocenters. The van der Waals surface area contributed by atoms with Crippen molar-refractivity contribution in [2.75, 3.05) is 0 Å². The fraction of sp³-hybridized carbons (Fsp3) is 0.0303. The summed E-state index contributed by atoms with van der Waals surface area (Å²) in [6, 6.07) is 82.7. The molecular weight excluding hydrogens is 953 g/mol. The summed E-state index contributed by atoms with van der Waals surface area (Å²) in [7, 11) is 0. The van der Waals surface area contributed by atoms with Gasteiger partial charge in [0, 0.05) is 64.1 Å². The molecule has 10 aromatic carbocycles. The first-order chi connectivity index (χ1) is 35.6. The van der Waals surface area contributed by atoms with Gasteiger partial charge in [0.15, 0.2) is 11.2 Å². The molecule has 0 amide bonds. The molecular formula is C66H42O2S4. The maximum Gasteiger partial charge on any atom is 0.178 e. The molecule has 0 saturated carbocycles. The zero-order valence-electron chi connectivity index (χ0n) is 38.7. The smallest absolute Gasteiger partial charge is 0.178 e. The van der Waals surface area contributed by atoms with Crippen LogP contribution in [0.1, 0.15) is 44.5 Å². The Hall–Kier alpha value is -7.32. The molecule has 10 aromatic rings. The average Bonchev–Trinajstić information content (AvgIpc) is 4.09. The second kappa shape index (κ2) is 17.8. The molecule has 0 N–H and O–H groups in total. The van der Waals surface area contributed by atoms with Gasteiger partial charge in [0.05, 0.1) is 8.47 Å². The van der Waals surface area contributed by atoms with Crippen molar-refractivity contribution < 1.29 is 9.47 Å². The van der Waals surface area contributed by atoms with Crippen LogP contribution in [0.3, 0.4) is 0 Å². The zero-order chi connectivity index (χ0) is 47.6. The lowest BCUT2D eigenvalue weighted by Crippen LogP contribution is -2.34. The van der Waals surface area contributed by atoms with Crippen LogP contribution in [0.4, 0.5) is 0 Å². The van der Waals surface area contributed by atoms with Crippen LogP contribution in [0.5, 0.6) is 11.5 Å². The van der Waals surface area contributed by atoms with Crippen molar-refractivity contribution >= 4 is 91.9 Å². The van der Waals surface area contributed by atoms with E-state index in [0.29, 0.717) is 0 Å². The third-order valence-electron chi connectivity index (χ3n) is 14.1. The van der Waals surface area contributed by atoms with Crippen LogP contribution in [0, 0.1) is 0 Å². The normalized spacial score (nSPS) is 15.6. The van der Waals surface area contributed by atoms with Crippen LogP contribution in [0.25, 0.3) is 44.8 Å². The number of allylic oxidation sites excluding steroid dienone is 2. The van der Waals surface area contributed by atoms with Gasteiger partial charge in [-0.3, -0.25) is 0 Å². The fourth-order valence-corrected chi connectivity index (χ4v) is 15.9. The van der Waals surface area contributed by atoms with Gasteiger partial charge < -0.3 is 9.47 Å². The maximum atomic E-state index is 7.18. The summed E-state index contributed by atoms with van der Waals surface area (Å²) in [5.41, 5.74) is 9.86. The van der Waals surface area contributed by atoms with E-state index in [1.54, 1.807) is 0 Å². The van der Waals surface area contributed by atoms with E-state index in [1.807, 2.05) is 47.0 Å². The van der Waals surface area contributed by atoms with Gasteiger partial charge in [0.1, 0.15) is 11.5 Å². The molecule has 0 bridgehead atoms. The van der Waals surface area contributed by atoms with Gasteiger partial charge in [-0.05, 0) is 106 Å². The Bertz CT molecular complexity index is 3530. The van der Waals surface area contributed by atoms with E-state index in [4.69, 9.17) is 9.47 Å². The number of thioether (sulfide) groups is 4. The second-order valence-corrected chi connectivity index (χ2v) is 23.0. The van der Waals surface area contributed by atoms with Crippen molar-refractivity contribution in [2.45, 2.75) is 30.8 Å². The highest BCUT2D eigenvalue weighted by Gasteiger charge is 2.39. The van der Waals surface area contributed by atoms with Crippen LogP contribution in [-0.4, -0.2) is 0 Å². The molecule has 342 valence electrons. The molecule has 72 heavy (non-hydrogen) atoms. The predicted octanol–water partition coefficient (Wildman–Crippen LogP) is 18.5. The van der Waals surface area contributed by atoms with Crippen molar-refractivity contribution in [3.05, 3.63) is 296 Å². The van der Waals surface area contributed by atoms with E-state index in [-0.39, 0.29) is 0 Å². The Balaban J connectivity index is 0.918. The highest BCUT2D eigenvalue weighted by atomic mass is 32.2. The van der Waals surface area contributed by atoms with E-state index in [1.165, 1.54) is 50.3 Å². The number of benzene rings is 10. The topological polar surface area (TPSA) is 18.5 Å². The highest BCUT2D eigenvalue weighted by molar-refractivity contribution is 8.25. The van der Waals surface area contributed by atoms with Crippen molar-refractivity contribution in [2.24, 2.45) is 0 Å². The Kier molecular flexibility index (Phi) is 10.7. The molecule has 14 rings (SSSR count). The Morgan fingerprint density at radius 3 is 0.972 bits per heavy atom. The summed E-state index contributed by atoms with van der Waals surface area (Å²) < 4.78 is 16.9. The summed E-state index contributed by atoms with van der Waals surface area (Å²) in [6.07, 6.45) is 9.01. The maximum absolute atomic E-state index is 7.18. The fourth-order valence-electron chi connectivity index (χ4n) is 10.6. The van der Waals surface area contributed by atoms with E-state index in [9.17, 15) is 0 Å². The number of hydrogen-bond donors (Lipinski definition) is 0. The Morgan fingerprint density at radius 1 is 0.319 bits per heavy atom. The highest BCUT2D eigenvalue weighted by Crippen LogP contribution is 2.61. The third kappa shape index (κ3) is 7.30. The van der Waals surface area contributed by atoms with E-state index >= 15 is 0 Å². The van der Waals surface area contributed by atoms with Crippen molar-refractivity contribution in [3.63, 3.8) is 0 Å². The monoisotopic (exact) mass is 994 g/mol. The second-order valence-electron chi connectivity index (χ2n) is 18.3. The minimum Gasteiger partial charge on any atom is -0.473 e. The first-order valence-corrected chi connectivity index (χ1v) is 27.4. The molecule has 4 heterocycles. The van der Waals surface area contributed by atoms with Crippen LogP contribution in [0.2, 0.25) is 0 Å². The number of hydrogen-bond acceptors (Lipinski definition) is 6. The molecule has 0 saturated heterocycles. The van der Waals surface area contributed by atoms with Gasteiger partial charge >= 0.3 is 0 Å². The lowest BCUT2D eigenvalue weighted by atomic mass is 9.83. The molecule has 0 fully saturated rings. The minimum absolute atomic E-state index is 0.751. The van der Waals surface area contributed by atoms with Gasteiger partial charge in [-0.15, -0.1) is 0 Å². The van der Waals surface area contributed by atoms with Gasteiger partial charge in [-0.2, -0.15) is 0 Å². The van der Waals surface area contributed by atoms with Crippen molar-refractivity contribution in [3.8, 4) is 11.5 Å². The van der Waals surface area contributed by atoms with Gasteiger partial charge in [0.25, 0.3) is 0 Å². The third-order valence-corrected chi connectivity index (χ3v) is 19.2. The van der Waals surface area contributed by atoms with Crippen LogP contribution < -0.4 is 9.47 Å². The summed E-state index contributed by atoms with van der Waals surface area (Å²) in [5.74, 6) is 1.73. The summed E-state index contributed by atoms with van der Waals surface area (Å²) in [6.45, 7) is 0.